The quantitative estimate of drug-likeness (QED) is 0.832. The fraction of sp³-hybridized carbons (Fsp3) is 0.684. The molecule has 0 aromatic carbocycles. The molecule has 1 aromatic rings. The van der Waals surface area contributed by atoms with Gasteiger partial charge in [0, 0.05) is 38.1 Å². The molecule has 3 aliphatic rings. The van der Waals surface area contributed by atoms with E-state index in [-0.39, 0.29) is 30.1 Å². The Morgan fingerprint density at radius 1 is 1.24 bits per heavy atom. The molecule has 0 unspecified atom stereocenters. The summed E-state index contributed by atoms with van der Waals surface area (Å²) in [6.07, 6.45) is 7.19. The average molecular weight is 346 g/mol. The minimum Gasteiger partial charge on any atom is -0.381 e. The first kappa shape index (κ1) is 16.9. The number of fused-ring (bicyclic) bond motifs is 2. The van der Waals surface area contributed by atoms with E-state index in [0.717, 1.165) is 31.2 Å². The Bertz CT molecular complexity index is 576. The van der Waals surface area contributed by atoms with Crippen LogP contribution in [0, 0.1) is 5.92 Å². The van der Waals surface area contributed by atoms with Gasteiger partial charge < -0.3 is 19.1 Å². The average Bonchev–Trinajstić information content (AvgIpc) is 2.96. The normalized spacial score (nSPS) is 30.2. The Hall–Kier alpha value is -1.50. The molecular formula is C19H26N2O4. The van der Waals surface area contributed by atoms with Crippen molar-refractivity contribution in [2.75, 3.05) is 26.4 Å². The summed E-state index contributed by atoms with van der Waals surface area (Å²) in [5.74, 6) is 0.347. The summed E-state index contributed by atoms with van der Waals surface area (Å²) in [5, 5.41) is 0. The Labute approximate surface area is 148 Å². The lowest BCUT2D eigenvalue weighted by Gasteiger charge is -2.35. The van der Waals surface area contributed by atoms with Gasteiger partial charge in [-0.05, 0) is 37.3 Å². The summed E-state index contributed by atoms with van der Waals surface area (Å²) in [4.78, 5) is 19.2. The molecule has 0 N–H and O–H groups in total. The topological polar surface area (TPSA) is 60.9 Å². The van der Waals surface area contributed by atoms with E-state index in [1.807, 2.05) is 23.2 Å². The molecule has 3 atom stereocenters. The van der Waals surface area contributed by atoms with Gasteiger partial charge in [-0.15, -0.1) is 0 Å². The van der Waals surface area contributed by atoms with E-state index in [9.17, 15) is 4.79 Å². The van der Waals surface area contributed by atoms with E-state index in [4.69, 9.17) is 14.2 Å². The van der Waals surface area contributed by atoms with Crippen molar-refractivity contribution in [2.24, 2.45) is 5.92 Å². The van der Waals surface area contributed by atoms with Gasteiger partial charge in [0.05, 0.1) is 25.4 Å². The highest BCUT2D eigenvalue weighted by atomic mass is 16.5. The second kappa shape index (κ2) is 7.81. The fourth-order valence-corrected chi connectivity index (χ4v) is 4.24. The standard InChI is InChI=1S/C19H26N2O4/c22-19(15-5-9-23-10-6-15)21-8-11-24-17-4-3-16(21)18(17)25-13-14-2-1-7-20-12-14/h1-2,7,12,15-18H,3-6,8-11,13H2/t16-,17-,18+/m0/s1. The number of carbonyl (C=O) groups is 1. The minimum absolute atomic E-state index is 0.0495. The first-order valence-corrected chi connectivity index (χ1v) is 9.33. The number of aromatic nitrogens is 1. The molecule has 3 fully saturated rings. The molecule has 6 nitrogen and oxygen atoms in total. The number of amides is 1. The van der Waals surface area contributed by atoms with Crippen LogP contribution in [-0.4, -0.2) is 60.4 Å². The Morgan fingerprint density at radius 2 is 2.12 bits per heavy atom. The van der Waals surface area contributed by atoms with E-state index < -0.39 is 0 Å². The summed E-state index contributed by atoms with van der Waals surface area (Å²) in [5.41, 5.74) is 1.05. The molecule has 0 radical (unpaired) electrons. The van der Waals surface area contributed by atoms with Crippen molar-refractivity contribution < 1.29 is 19.0 Å². The molecule has 3 heterocycles. The molecule has 0 spiro atoms. The minimum atomic E-state index is -0.0495. The number of hydrogen-bond donors (Lipinski definition) is 0. The SMILES string of the molecule is O=C(C1CCOCC1)N1CCO[C@H]2CC[C@H]1[C@H]2OCc1cccnc1. The molecule has 1 saturated carbocycles. The molecule has 1 aliphatic carbocycles. The Balaban J connectivity index is 1.45. The smallest absolute Gasteiger partial charge is 0.226 e. The lowest BCUT2D eigenvalue weighted by molar-refractivity contribution is -0.143. The Kier molecular flexibility index (Phi) is 5.29. The molecule has 2 saturated heterocycles. The number of nitrogens with zero attached hydrogens (tertiary/aromatic N) is 2. The molecule has 1 amide bonds. The van der Waals surface area contributed by atoms with Crippen molar-refractivity contribution in [3.05, 3.63) is 30.1 Å². The van der Waals surface area contributed by atoms with Crippen LogP contribution in [0.15, 0.2) is 24.5 Å². The first-order valence-electron chi connectivity index (χ1n) is 9.33. The first-order chi connectivity index (χ1) is 12.3. The second-order valence-electron chi connectivity index (χ2n) is 7.11. The third kappa shape index (κ3) is 3.71. The summed E-state index contributed by atoms with van der Waals surface area (Å²) in [6, 6.07) is 4.05. The van der Waals surface area contributed by atoms with Crippen molar-refractivity contribution in [3.63, 3.8) is 0 Å². The van der Waals surface area contributed by atoms with E-state index in [0.29, 0.717) is 33.0 Å². The van der Waals surface area contributed by atoms with Gasteiger partial charge in [-0.1, -0.05) is 6.07 Å². The third-order valence-corrected chi connectivity index (χ3v) is 5.58. The number of pyridine rings is 1. The monoisotopic (exact) mass is 346 g/mol. The molecular weight excluding hydrogens is 320 g/mol. The van der Waals surface area contributed by atoms with Crippen LogP contribution in [0.1, 0.15) is 31.2 Å². The van der Waals surface area contributed by atoms with Gasteiger partial charge in [-0.2, -0.15) is 0 Å². The van der Waals surface area contributed by atoms with E-state index >= 15 is 0 Å². The van der Waals surface area contributed by atoms with Gasteiger partial charge >= 0.3 is 0 Å². The molecule has 4 rings (SSSR count). The van der Waals surface area contributed by atoms with Crippen LogP contribution in [0.4, 0.5) is 0 Å². The molecule has 1 aromatic heterocycles. The van der Waals surface area contributed by atoms with E-state index in [1.165, 1.54) is 0 Å². The predicted molar refractivity (Wildman–Crippen MR) is 90.8 cm³/mol. The zero-order valence-electron chi connectivity index (χ0n) is 14.5. The zero-order valence-corrected chi connectivity index (χ0v) is 14.5. The van der Waals surface area contributed by atoms with Crippen LogP contribution < -0.4 is 0 Å². The van der Waals surface area contributed by atoms with Crippen LogP contribution in [0.5, 0.6) is 0 Å². The van der Waals surface area contributed by atoms with Gasteiger partial charge in [0.25, 0.3) is 0 Å². The number of hydrogen-bond acceptors (Lipinski definition) is 5. The van der Waals surface area contributed by atoms with Crippen LogP contribution >= 0.6 is 0 Å². The third-order valence-electron chi connectivity index (χ3n) is 5.58. The van der Waals surface area contributed by atoms with Crippen molar-refractivity contribution in [1.82, 2.24) is 9.88 Å². The highest BCUT2D eigenvalue weighted by Crippen LogP contribution is 2.34. The molecule has 2 aliphatic heterocycles. The molecule has 25 heavy (non-hydrogen) atoms. The maximum absolute atomic E-state index is 13.1. The van der Waals surface area contributed by atoms with Gasteiger partial charge in [0.15, 0.2) is 0 Å². The summed E-state index contributed by atoms with van der Waals surface area (Å²) in [7, 11) is 0. The lowest BCUT2D eigenvalue weighted by atomic mass is 9.97. The number of rotatable bonds is 4. The van der Waals surface area contributed by atoms with Crippen LogP contribution in [0.25, 0.3) is 0 Å². The summed E-state index contributed by atoms with van der Waals surface area (Å²) < 4.78 is 17.6. The summed E-state index contributed by atoms with van der Waals surface area (Å²) >= 11 is 0. The summed E-state index contributed by atoms with van der Waals surface area (Å²) in [6.45, 7) is 3.16. The van der Waals surface area contributed by atoms with Crippen LogP contribution in [0.3, 0.4) is 0 Å². The van der Waals surface area contributed by atoms with Gasteiger partial charge in [-0.3, -0.25) is 9.78 Å². The highest BCUT2D eigenvalue weighted by Gasteiger charge is 2.45. The maximum atomic E-state index is 13.1. The van der Waals surface area contributed by atoms with Crippen molar-refractivity contribution in [2.45, 2.75) is 50.5 Å². The van der Waals surface area contributed by atoms with Crippen molar-refractivity contribution in [1.29, 1.82) is 0 Å². The fourth-order valence-electron chi connectivity index (χ4n) is 4.24. The highest BCUT2D eigenvalue weighted by molar-refractivity contribution is 5.79. The van der Waals surface area contributed by atoms with Crippen molar-refractivity contribution >= 4 is 5.91 Å². The largest absolute Gasteiger partial charge is 0.381 e. The van der Waals surface area contributed by atoms with Gasteiger partial charge in [0.1, 0.15) is 6.10 Å². The number of ether oxygens (including phenoxy) is 3. The predicted octanol–water partition coefficient (Wildman–Crippen LogP) is 1.78. The lowest BCUT2D eigenvalue weighted by Crippen LogP contribution is -2.49. The van der Waals surface area contributed by atoms with Crippen LogP contribution in [0.2, 0.25) is 0 Å². The van der Waals surface area contributed by atoms with E-state index in [1.54, 1.807) is 6.20 Å². The number of carbonyl (C=O) groups excluding carboxylic acids is 1. The molecule has 136 valence electrons. The van der Waals surface area contributed by atoms with Crippen molar-refractivity contribution in [3.8, 4) is 0 Å². The maximum Gasteiger partial charge on any atom is 0.226 e. The molecule has 2 bridgehead atoms. The zero-order chi connectivity index (χ0) is 17.1. The van der Waals surface area contributed by atoms with Gasteiger partial charge in [0.2, 0.25) is 5.91 Å². The van der Waals surface area contributed by atoms with Gasteiger partial charge in [-0.25, -0.2) is 0 Å². The Morgan fingerprint density at radius 3 is 2.92 bits per heavy atom. The van der Waals surface area contributed by atoms with E-state index in [2.05, 4.69) is 4.98 Å². The molecule has 6 heteroatoms. The second-order valence-corrected chi connectivity index (χ2v) is 7.11. The van der Waals surface area contributed by atoms with Crippen LogP contribution in [-0.2, 0) is 25.6 Å².